The number of nitro benzene ring substituents is 1. The number of nitrogens with zero attached hydrogens (tertiary/aromatic N) is 1. The summed E-state index contributed by atoms with van der Waals surface area (Å²) in [4.78, 5) is 22.8. The molecule has 0 radical (unpaired) electrons. The van der Waals surface area contributed by atoms with Gasteiger partial charge in [-0.15, -0.1) is 0 Å². The van der Waals surface area contributed by atoms with Crippen molar-refractivity contribution in [3.05, 3.63) is 74.3 Å². The summed E-state index contributed by atoms with van der Waals surface area (Å²) in [5.41, 5.74) is 2.35. The largest absolute Gasteiger partial charge is 0.345 e. The zero-order valence-corrected chi connectivity index (χ0v) is 13.9. The van der Waals surface area contributed by atoms with Crippen LogP contribution >= 0.6 is 11.6 Å². The van der Waals surface area contributed by atoms with Gasteiger partial charge in [-0.3, -0.25) is 14.9 Å². The predicted octanol–water partition coefficient (Wildman–Crippen LogP) is 4.44. The van der Waals surface area contributed by atoms with Crippen LogP contribution in [-0.2, 0) is 0 Å². The van der Waals surface area contributed by atoms with E-state index in [1.807, 2.05) is 31.2 Å². The highest BCUT2D eigenvalue weighted by Crippen LogP contribution is 2.41. The minimum atomic E-state index is -0.535. The first-order chi connectivity index (χ1) is 11.5. The summed E-state index contributed by atoms with van der Waals surface area (Å²) in [7, 11) is 0. The van der Waals surface area contributed by atoms with Crippen LogP contribution in [0.3, 0.4) is 0 Å². The number of aryl methyl sites for hydroxylation is 1. The second kappa shape index (κ2) is 6.61. The molecule has 1 fully saturated rings. The van der Waals surface area contributed by atoms with Gasteiger partial charge in [-0.1, -0.05) is 41.4 Å². The molecule has 2 aromatic carbocycles. The molecular weight excluding hydrogens is 328 g/mol. The third kappa shape index (κ3) is 3.57. The third-order valence-corrected chi connectivity index (χ3v) is 4.54. The molecule has 0 heterocycles. The van der Waals surface area contributed by atoms with Crippen molar-refractivity contribution in [1.82, 2.24) is 5.32 Å². The molecule has 6 heteroatoms. The second-order valence-electron chi connectivity index (χ2n) is 6.12. The van der Waals surface area contributed by atoms with Gasteiger partial charge in [0, 0.05) is 12.1 Å². The SMILES string of the molecule is Cc1ccc([C@@H](NC(=O)c2ccc([N+](=O)[O-])cc2Cl)C2CC2)cc1. The van der Waals surface area contributed by atoms with Crippen LogP contribution in [0.4, 0.5) is 5.69 Å². The fourth-order valence-electron chi connectivity index (χ4n) is 2.70. The average molecular weight is 345 g/mol. The summed E-state index contributed by atoms with van der Waals surface area (Å²) in [6.45, 7) is 2.02. The van der Waals surface area contributed by atoms with Gasteiger partial charge in [0.25, 0.3) is 11.6 Å². The summed E-state index contributed by atoms with van der Waals surface area (Å²) >= 11 is 6.05. The molecule has 24 heavy (non-hydrogen) atoms. The lowest BCUT2D eigenvalue weighted by atomic mass is 10.0. The van der Waals surface area contributed by atoms with Crippen LogP contribution in [0.15, 0.2) is 42.5 Å². The first-order valence-electron chi connectivity index (χ1n) is 7.77. The first kappa shape index (κ1) is 16.5. The minimum Gasteiger partial charge on any atom is -0.345 e. The van der Waals surface area contributed by atoms with Gasteiger partial charge >= 0.3 is 0 Å². The van der Waals surface area contributed by atoms with E-state index in [1.54, 1.807) is 0 Å². The maximum absolute atomic E-state index is 12.6. The highest BCUT2D eigenvalue weighted by molar-refractivity contribution is 6.34. The normalized spacial score (nSPS) is 14.9. The van der Waals surface area contributed by atoms with Crippen LogP contribution in [0.1, 0.15) is 40.4 Å². The summed E-state index contributed by atoms with van der Waals surface area (Å²) in [5, 5.41) is 13.9. The molecule has 1 aliphatic carbocycles. The Hall–Kier alpha value is -2.40. The topological polar surface area (TPSA) is 72.2 Å². The van der Waals surface area contributed by atoms with Gasteiger partial charge in [0.2, 0.25) is 0 Å². The van der Waals surface area contributed by atoms with Crippen molar-refractivity contribution >= 4 is 23.2 Å². The Labute approximate surface area is 144 Å². The van der Waals surface area contributed by atoms with Gasteiger partial charge in [-0.2, -0.15) is 0 Å². The Morgan fingerprint density at radius 1 is 1.25 bits per heavy atom. The summed E-state index contributed by atoms with van der Waals surface area (Å²) in [6.07, 6.45) is 2.15. The van der Waals surface area contributed by atoms with Crippen LogP contribution in [0.5, 0.6) is 0 Å². The van der Waals surface area contributed by atoms with Crippen LogP contribution in [0.25, 0.3) is 0 Å². The van der Waals surface area contributed by atoms with E-state index in [4.69, 9.17) is 11.6 Å². The van der Waals surface area contributed by atoms with E-state index in [0.717, 1.165) is 24.0 Å². The molecule has 1 atom stereocenters. The smallest absolute Gasteiger partial charge is 0.270 e. The highest BCUT2D eigenvalue weighted by Gasteiger charge is 2.33. The fourth-order valence-corrected chi connectivity index (χ4v) is 2.96. The molecule has 124 valence electrons. The van der Waals surface area contributed by atoms with Crippen LogP contribution < -0.4 is 5.32 Å². The van der Waals surface area contributed by atoms with Crippen molar-refractivity contribution in [2.45, 2.75) is 25.8 Å². The van der Waals surface area contributed by atoms with Gasteiger partial charge < -0.3 is 5.32 Å². The van der Waals surface area contributed by atoms with Crippen molar-refractivity contribution in [3.8, 4) is 0 Å². The average Bonchev–Trinajstić information content (AvgIpc) is 3.38. The fraction of sp³-hybridized carbons (Fsp3) is 0.278. The van der Waals surface area contributed by atoms with E-state index in [9.17, 15) is 14.9 Å². The third-order valence-electron chi connectivity index (χ3n) is 4.22. The van der Waals surface area contributed by atoms with E-state index in [0.29, 0.717) is 5.92 Å². The molecule has 0 saturated heterocycles. The maximum Gasteiger partial charge on any atom is 0.270 e. The van der Waals surface area contributed by atoms with Gasteiger partial charge in [0.05, 0.1) is 21.6 Å². The number of nitro groups is 1. The zero-order chi connectivity index (χ0) is 17.3. The lowest BCUT2D eigenvalue weighted by Gasteiger charge is -2.19. The molecule has 0 aromatic heterocycles. The molecule has 0 unspecified atom stereocenters. The molecule has 1 aliphatic rings. The second-order valence-corrected chi connectivity index (χ2v) is 6.53. The minimum absolute atomic E-state index is 0.0654. The van der Waals surface area contributed by atoms with Crippen LogP contribution in [0.2, 0.25) is 5.02 Å². The van der Waals surface area contributed by atoms with E-state index < -0.39 is 4.92 Å². The predicted molar refractivity (Wildman–Crippen MR) is 92.2 cm³/mol. The number of carbonyl (C=O) groups excluding carboxylic acids is 1. The Kier molecular flexibility index (Phi) is 4.53. The van der Waals surface area contributed by atoms with Crippen molar-refractivity contribution < 1.29 is 9.72 Å². The molecule has 1 N–H and O–H groups in total. The number of nitrogens with one attached hydrogen (secondary N) is 1. The van der Waals surface area contributed by atoms with Crippen molar-refractivity contribution in [3.63, 3.8) is 0 Å². The monoisotopic (exact) mass is 344 g/mol. The van der Waals surface area contributed by atoms with Gasteiger partial charge in [-0.25, -0.2) is 0 Å². The van der Waals surface area contributed by atoms with Crippen molar-refractivity contribution in [2.24, 2.45) is 5.92 Å². The molecule has 1 amide bonds. The van der Waals surface area contributed by atoms with Gasteiger partial charge in [0.1, 0.15) is 0 Å². The van der Waals surface area contributed by atoms with E-state index in [1.165, 1.54) is 18.2 Å². The standard InChI is InChI=1S/C18H17ClN2O3/c1-11-2-4-12(5-3-11)17(13-6-7-13)20-18(22)15-9-8-14(21(23)24)10-16(15)19/h2-5,8-10,13,17H,6-7H2,1H3,(H,20,22)/t17-/m1/s1. The Bertz CT molecular complexity index is 785. The number of benzene rings is 2. The number of hydrogen-bond acceptors (Lipinski definition) is 3. The van der Waals surface area contributed by atoms with E-state index in [-0.39, 0.29) is 28.2 Å². The molecule has 0 aliphatic heterocycles. The first-order valence-corrected chi connectivity index (χ1v) is 8.15. The van der Waals surface area contributed by atoms with Crippen LogP contribution in [-0.4, -0.2) is 10.8 Å². The number of rotatable bonds is 5. The molecule has 1 saturated carbocycles. The molecule has 3 rings (SSSR count). The Morgan fingerprint density at radius 2 is 1.92 bits per heavy atom. The number of carbonyl (C=O) groups is 1. The molecular formula is C18H17ClN2O3. The summed E-state index contributed by atoms with van der Waals surface area (Å²) < 4.78 is 0. The Morgan fingerprint density at radius 3 is 2.46 bits per heavy atom. The van der Waals surface area contributed by atoms with Gasteiger partial charge in [0.15, 0.2) is 0 Å². The number of halogens is 1. The zero-order valence-electron chi connectivity index (χ0n) is 13.2. The number of hydrogen-bond donors (Lipinski definition) is 1. The van der Waals surface area contributed by atoms with Crippen molar-refractivity contribution in [1.29, 1.82) is 0 Å². The molecule has 0 spiro atoms. The van der Waals surface area contributed by atoms with Gasteiger partial charge in [-0.05, 0) is 37.3 Å². The summed E-state index contributed by atoms with van der Waals surface area (Å²) in [5.74, 6) is 0.112. The Balaban J connectivity index is 1.81. The lowest BCUT2D eigenvalue weighted by molar-refractivity contribution is -0.384. The maximum atomic E-state index is 12.6. The van der Waals surface area contributed by atoms with E-state index >= 15 is 0 Å². The quantitative estimate of drug-likeness (QED) is 0.643. The van der Waals surface area contributed by atoms with E-state index in [2.05, 4.69) is 5.32 Å². The number of non-ortho nitro benzene ring substituents is 1. The van der Waals surface area contributed by atoms with Crippen molar-refractivity contribution in [2.75, 3.05) is 0 Å². The highest BCUT2D eigenvalue weighted by atomic mass is 35.5. The van der Waals surface area contributed by atoms with Crippen LogP contribution in [0, 0.1) is 23.0 Å². The summed E-state index contributed by atoms with van der Waals surface area (Å²) in [6, 6.07) is 11.9. The molecule has 2 aromatic rings. The molecule has 5 nitrogen and oxygen atoms in total. The molecule has 0 bridgehead atoms. The lowest BCUT2D eigenvalue weighted by Crippen LogP contribution is -2.30. The number of amides is 1.